The van der Waals surface area contributed by atoms with Gasteiger partial charge in [0.25, 0.3) is 0 Å². The summed E-state index contributed by atoms with van der Waals surface area (Å²) in [5.41, 5.74) is 4.95. The molecular weight excluding hydrogens is 404 g/mol. The fourth-order valence-corrected chi connectivity index (χ4v) is 4.18. The molecule has 1 aromatic heterocycles. The van der Waals surface area contributed by atoms with Gasteiger partial charge in [0.2, 0.25) is 5.91 Å². The molecule has 1 heterocycles. The van der Waals surface area contributed by atoms with E-state index in [1.165, 1.54) is 11.8 Å². The minimum atomic E-state index is -0.351. The van der Waals surface area contributed by atoms with Crippen LogP contribution in [-0.2, 0) is 4.79 Å². The quantitative estimate of drug-likeness (QED) is 0.402. The van der Waals surface area contributed by atoms with Crippen LogP contribution in [0.3, 0.4) is 0 Å². The molecule has 0 radical (unpaired) electrons. The molecule has 0 unspecified atom stereocenters. The predicted molar refractivity (Wildman–Crippen MR) is 127 cm³/mol. The second-order valence-electron chi connectivity index (χ2n) is 7.36. The topological polar surface area (TPSA) is 59.8 Å². The number of nitrogens with one attached hydrogen (secondary N) is 1. The fourth-order valence-electron chi connectivity index (χ4n) is 3.31. The van der Waals surface area contributed by atoms with Crippen molar-refractivity contribution in [3.05, 3.63) is 90.0 Å². The van der Waals surface area contributed by atoms with E-state index in [4.69, 9.17) is 0 Å². The highest BCUT2D eigenvalue weighted by Gasteiger charge is 2.22. The van der Waals surface area contributed by atoms with E-state index >= 15 is 0 Å². The van der Waals surface area contributed by atoms with Gasteiger partial charge in [-0.1, -0.05) is 72.4 Å². The zero-order valence-corrected chi connectivity index (χ0v) is 18.6. The molecule has 4 rings (SSSR count). The molecule has 5 nitrogen and oxygen atoms in total. The van der Waals surface area contributed by atoms with Crippen molar-refractivity contribution in [3.8, 4) is 17.1 Å². The van der Waals surface area contributed by atoms with Gasteiger partial charge in [0.05, 0.1) is 5.25 Å². The molecule has 1 atom stereocenters. The van der Waals surface area contributed by atoms with Crippen LogP contribution in [0.4, 0.5) is 5.69 Å². The van der Waals surface area contributed by atoms with Gasteiger partial charge >= 0.3 is 0 Å². The minimum absolute atomic E-state index is 0.0700. The first kappa shape index (κ1) is 20.9. The molecule has 0 saturated carbocycles. The van der Waals surface area contributed by atoms with Gasteiger partial charge in [0.15, 0.2) is 11.0 Å². The van der Waals surface area contributed by atoms with E-state index in [2.05, 4.69) is 28.5 Å². The number of amides is 1. The lowest BCUT2D eigenvalue weighted by atomic mass is 10.1. The number of aromatic nitrogens is 3. The molecule has 31 heavy (non-hydrogen) atoms. The maximum absolute atomic E-state index is 12.9. The first-order valence-corrected chi connectivity index (χ1v) is 11.0. The van der Waals surface area contributed by atoms with Crippen LogP contribution in [0.2, 0.25) is 0 Å². The Bertz CT molecular complexity index is 1200. The molecule has 0 aliphatic heterocycles. The second-order valence-corrected chi connectivity index (χ2v) is 8.66. The summed E-state index contributed by atoms with van der Waals surface area (Å²) >= 11 is 1.40. The number of rotatable bonds is 6. The van der Waals surface area contributed by atoms with Gasteiger partial charge in [-0.3, -0.25) is 9.36 Å². The van der Waals surface area contributed by atoms with Crippen LogP contribution in [-0.4, -0.2) is 25.9 Å². The van der Waals surface area contributed by atoms with Crippen LogP contribution in [0.25, 0.3) is 17.1 Å². The molecule has 0 spiro atoms. The lowest BCUT2D eigenvalue weighted by Gasteiger charge is -2.15. The minimum Gasteiger partial charge on any atom is -0.325 e. The Balaban J connectivity index is 1.66. The zero-order valence-electron chi connectivity index (χ0n) is 17.7. The smallest absolute Gasteiger partial charge is 0.237 e. The van der Waals surface area contributed by atoms with E-state index in [0.29, 0.717) is 5.16 Å². The summed E-state index contributed by atoms with van der Waals surface area (Å²) in [5.74, 6) is 0.692. The van der Waals surface area contributed by atoms with Crippen molar-refractivity contribution < 1.29 is 4.79 Å². The molecule has 6 heteroatoms. The third-order valence-electron chi connectivity index (χ3n) is 5.09. The number of para-hydroxylation sites is 2. The first-order valence-electron chi connectivity index (χ1n) is 10.1. The molecule has 0 aliphatic rings. The number of carbonyl (C=O) groups is 1. The Hall–Kier alpha value is -3.38. The Morgan fingerprint density at radius 2 is 1.52 bits per heavy atom. The summed E-state index contributed by atoms with van der Waals surface area (Å²) < 4.78 is 2.02. The summed E-state index contributed by atoms with van der Waals surface area (Å²) in [6.45, 7) is 5.92. The molecule has 0 bridgehead atoms. The van der Waals surface area contributed by atoms with Crippen molar-refractivity contribution in [2.75, 3.05) is 5.32 Å². The normalized spacial score (nSPS) is 11.8. The number of anilines is 1. The van der Waals surface area contributed by atoms with Crippen LogP contribution in [0.1, 0.15) is 18.1 Å². The number of nitrogens with zero attached hydrogens (tertiary/aromatic N) is 3. The maximum Gasteiger partial charge on any atom is 0.237 e. The van der Waals surface area contributed by atoms with Gasteiger partial charge in [-0.15, -0.1) is 10.2 Å². The van der Waals surface area contributed by atoms with Gasteiger partial charge in [0.1, 0.15) is 0 Å². The van der Waals surface area contributed by atoms with Gasteiger partial charge in [-0.05, 0) is 50.1 Å². The van der Waals surface area contributed by atoms with E-state index in [1.807, 2.05) is 91.2 Å². The zero-order chi connectivity index (χ0) is 21.8. The molecule has 0 saturated heterocycles. The van der Waals surface area contributed by atoms with Gasteiger partial charge in [-0.2, -0.15) is 0 Å². The Morgan fingerprint density at radius 1 is 0.871 bits per heavy atom. The Morgan fingerprint density at radius 3 is 2.23 bits per heavy atom. The lowest BCUT2D eigenvalue weighted by Crippen LogP contribution is -2.23. The van der Waals surface area contributed by atoms with Crippen molar-refractivity contribution in [1.82, 2.24) is 14.8 Å². The van der Waals surface area contributed by atoms with Gasteiger partial charge < -0.3 is 5.32 Å². The van der Waals surface area contributed by atoms with Crippen molar-refractivity contribution in [1.29, 1.82) is 0 Å². The summed E-state index contributed by atoms with van der Waals surface area (Å²) in [5, 5.41) is 12.3. The number of benzene rings is 3. The van der Waals surface area contributed by atoms with Crippen molar-refractivity contribution in [2.45, 2.75) is 31.2 Å². The first-order chi connectivity index (χ1) is 15.0. The van der Waals surface area contributed by atoms with Crippen LogP contribution in [0.5, 0.6) is 0 Å². The van der Waals surface area contributed by atoms with Crippen molar-refractivity contribution in [3.63, 3.8) is 0 Å². The monoisotopic (exact) mass is 428 g/mol. The summed E-state index contributed by atoms with van der Waals surface area (Å²) in [6, 6.07) is 25.9. The van der Waals surface area contributed by atoms with Crippen LogP contribution < -0.4 is 5.32 Å². The highest BCUT2D eigenvalue weighted by Crippen LogP contribution is 2.31. The molecule has 1 N–H and O–H groups in total. The number of thioether (sulfide) groups is 1. The van der Waals surface area contributed by atoms with E-state index in [1.54, 1.807) is 0 Å². The largest absolute Gasteiger partial charge is 0.325 e. The standard InChI is InChI=1S/C25H24N4OS/c1-17-11-7-9-15-21(17)23-27-28-25(29(23)20-13-5-4-6-14-20)31-19(3)24(30)26-22-16-10-8-12-18(22)2/h4-16,19H,1-3H3,(H,26,30)/t19-/m0/s1. The third kappa shape index (κ3) is 4.54. The molecule has 0 aliphatic carbocycles. The SMILES string of the molecule is Cc1ccccc1NC(=O)[C@H](C)Sc1nnc(-c2ccccc2C)n1-c1ccccc1. The molecular formula is C25H24N4OS. The average molecular weight is 429 g/mol. The summed E-state index contributed by atoms with van der Waals surface area (Å²) in [4.78, 5) is 12.9. The van der Waals surface area contributed by atoms with Crippen molar-refractivity contribution in [2.24, 2.45) is 0 Å². The summed E-state index contributed by atoms with van der Waals surface area (Å²) in [7, 11) is 0. The molecule has 0 fully saturated rings. The molecule has 3 aromatic carbocycles. The fraction of sp³-hybridized carbons (Fsp3) is 0.160. The van der Waals surface area contributed by atoms with E-state index < -0.39 is 0 Å². The van der Waals surface area contributed by atoms with Crippen molar-refractivity contribution >= 4 is 23.4 Å². The highest BCUT2D eigenvalue weighted by molar-refractivity contribution is 8.00. The number of hydrogen-bond donors (Lipinski definition) is 1. The van der Waals surface area contributed by atoms with Gasteiger partial charge in [-0.25, -0.2) is 0 Å². The van der Waals surface area contributed by atoms with E-state index in [0.717, 1.165) is 33.9 Å². The molecule has 4 aromatic rings. The number of carbonyl (C=O) groups excluding carboxylic acids is 1. The highest BCUT2D eigenvalue weighted by atomic mass is 32.2. The average Bonchev–Trinajstić information content (AvgIpc) is 3.19. The lowest BCUT2D eigenvalue weighted by molar-refractivity contribution is -0.115. The van der Waals surface area contributed by atoms with Crippen LogP contribution in [0.15, 0.2) is 84.0 Å². The van der Waals surface area contributed by atoms with E-state index in [-0.39, 0.29) is 11.2 Å². The van der Waals surface area contributed by atoms with Crippen LogP contribution >= 0.6 is 11.8 Å². The summed E-state index contributed by atoms with van der Waals surface area (Å²) in [6.07, 6.45) is 0. The van der Waals surface area contributed by atoms with Gasteiger partial charge in [0, 0.05) is 16.9 Å². The predicted octanol–water partition coefficient (Wildman–Crippen LogP) is 5.67. The van der Waals surface area contributed by atoms with Crippen LogP contribution in [0, 0.1) is 13.8 Å². The Labute approximate surface area is 186 Å². The van der Waals surface area contributed by atoms with E-state index in [9.17, 15) is 4.79 Å². The third-order valence-corrected chi connectivity index (χ3v) is 6.13. The number of hydrogen-bond acceptors (Lipinski definition) is 4. The molecule has 156 valence electrons. The number of aryl methyl sites for hydroxylation is 2. The maximum atomic E-state index is 12.9. The Kier molecular flexibility index (Phi) is 6.18. The molecule has 1 amide bonds. The second kappa shape index (κ2) is 9.18.